The molecule has 2 atom stereocenters. The molecule has 1 saturated carbocycles. The Morgan fingerprint density at radius 1 is 1.31 bits per heavy atom. The Kier molecular flexibility index (Phi) is 1.35. The van der Waals surface area contributed by atoms with Crippen molar-refractivity contribution in [2.24, 2.45) is 0 Å². The van der Waals surface area contributed by atoms with E-state index in [2.05, 4.69) is 36.3 Å². The molecule has 3 rings (SSSR count). The molecule has 2 heteroatoms. The third-order valence-electron chi connectivity index (χ3n) is 2.85. The zero-order chi connectivity index (χ0) is 8.89. The van der Waals surface area contributed by atoms with Gasteiger partial charge in [-0.25, -0.2) is 0 Å². The highest BCUT2D eigenvalue weighted by molar-refractivity contribution is 5.24. The topological polar surface area (TPSA) is 15.5 Å². The van der Waals surface area contributed by atoms with E-state index in [-0.39, 0.29) is 5.72 Å². The summed E-state index contributed by atoms with van der Waals surface area (Å²) in [7, 11) is 0. The zero-order valence-electron chi connectivity index (χ0n) is 7.73. The fourth-order valence-corrected chi connectivity index (χ4v) is 1.83. The second kappa shape index (κ2) is 2.34. The summed E-state index contributed by atoms with van der Waals surface area (Å²) in [6.07, 6.45) is 2.59. The molecule has 1 saturated heterocycles. The van der Waals surface area contributed by atoms with Crippen LogP contribution in [0, 0.1) is 0 Å². The van der Waals surface area contributed by atoms with Crippen LogP contribution in [0.2, 0.25) is 0 Å². The minimum Gasteiger partial charge on any atom is -0.266 e. The van der Waals surface area contributed by atoms with Crippen molar-refractivity contribution < 1.29 is 4.84 Å². The average Bonchev–Trinajstić information content (AvgIpc) is 3.00. The Bertz CT molecular complexity index is 320. The van der Waals surface area contributed by atoms with Crippen LogP contribution in [0.4, 0.5) is 0 Å². The summed E-state index contributed by atoms with van der Waals surface area (Å²) in [4.78, 5) is 5.65. The molecule has 1 aromatic rings. The van der Waals surface area contributed by atoms with Gasteiger partial charge in [0.15, 0.2) is 5.72 Å². The number of nitrogens with zero attached hydrogens (tertiary/aromatic N) is 1. The first-order valence-electron chi connectivity index (χ1n) is 4.85. The van der Waals surface area contributed by atoms with Gasteiger partial charge in [-0.15, -0.1) is 5.06 Å². The standard InChI is InChI=1S/C11H13NO/c1-11(9-5-3-2-4-6-9)12(13-11)10-7-8-10/h2-6,10H,7-8H2,1H3. The molecule has 0 N–H and O–H groups in total. The summed E-state index contributed by atoms with van der Waals surface area (Å²) in [6.45, 7) is 2.14. The summed E-state index contributed by atoms with van der Waals surface area (Å²) in [5, 5.41) is 2.13. The fourth-order valence-electron chi connectivity index (χ4n) is 1.83. The van der Waals surface area contributed by atoms with E-state index in [0.717, 1.165) is 0 Å². The van der Waals surface area contributed by atoms with Crippen LogP contribution >= 0.6 is 0 Å². The summed E-state index contributed by atoms with van der Waals surface area (Å²) < 4.78 is 0. The minimum atomic E-state index is -0.123. The maximum atomic E-state index is 5.65. The molecule has 1 aliphatic carbocycles. The molecule has 2 fully saturated rings. The van der Waals surface area contributed by atoms with Crippen LogP contribution < -0.4 is 0 Å². The van der Waals surface area contributed by atoms with Gasteiger partial charge in [0.05, 0.1) is 0 Å². The molecule has 2 nitrogen and oxygen atoms in total. The largest absolute Gasteiger partial charge is 0.266 e. The van der Waals surface area contributed by atoms with Crippen LogP contribution in [0.25, 0.3) is 0 Å². The summed E-state index contributed by atoms with van der Waals surface area (Å²) in [5.41, 5.74) is 1.14. The predicted molar refractivity (Wildman–Crippen MR) is 49.7 cm³/mol. The molecule has 68 valence electrons. The van der Waals surface area contributed by atoms with E-state index in [1.165, 1.54) is 18.4 Å². The normalized spacial score (nSPS) is 37.5. The molecule has 0 bridgehead atoms. The molecule has 0 spiro atoms. The van der Waals surface area contributed by atoms with E-state index in [1.54, 1.807) is 0 Å². The van der Waals surface area contributed by atoms with Crippen LogP contribution in [-0.2, 0) is 10.6 Å². The Morgan fingerprint density at radius 3 is 2.62 bits per heavy atom. The summed E-state index contributed by atoms with van der Waals surface area (Å²) in [5.74, 6) is 0. The van der Waals surface area contributed by atoms with Crippen molar-refractivity contribution >= 4 is 0 Å². The van der Waals surface area contributed by atoms with Crippen LogP contribution in [0.1, 0.15) is 25.3 Å². The van der Waals surface area contributed by atoms with Gasteiger partial charge in [0.2, 0.25) is 0 Å². The molecule has 13 heavy (non-hydrogen) atoms. The van der Waals surface area contributed by atoms with Crippen LogP contribution in [0.15, 0.2) is 30.3 Å². The summed E-state index contributed by atoms with van der Waals surface area (Å²) in [6, 6.07) is 11.1. The number of hydrogen-bond acceptors (Lipinski definition) is 2. The fraction of sp³-hybridized carbons (Fsp3) is 0.455. The van der Waals surface area contributed by atoms with Crippen molar-refractivity contribution in [3.8, 4) is 0 Å². The van der Waals surface area contributed by atoms with E-state index in [9.17, 15) is 0 Å². The van der Waals surface area contributed by atoms with Crippen LogP contribution in [0.5, 0.6) is 0 Å². The van der Waals surface area contributed by atoms with Crippen molar-refractivity contribution in [2.75, 3.05) is 0 Å². The van der Waals surface area contributed by atoms with Crippen LogP contribution in [0.3, 0.4) is 0 Å². The zero-order valence-corrected chi connectivity index (χ0v) is 7.73. The van der Waals surface area contributed by atoms with Gasteiger partial charge in [-0.1, -0.05) is 30.3 Å². The van der Waals surface area contributed by atoms with Gasteiger partial charge in [-0.05, 0) is 19.8 Å². The van der Waals surface area contributed by atoms with Gasteiger partial charge in [-0.2, -0.15) is 0 Å². The molecule has 1 aromatic carbocycles. The highest BCUT2D eigenvalue weighted by Crippen LogP contribution is 2.51. The Balaban J connectivity index is 1.86. The number of hydroxylamine groups is 2. The Labute approximate surface area is 78.1 Å². The smallest absolute Gasteiger partial charge is 0.187 e. The lowest BCUT2D eigenvalue weighted by atomic mass is 10.1. The summed E-state index contributed by atoms with van der Waals surface area (Å²) >= 11 is 0. The van der Waals surface area contributed by atoms with E-state index in [4.69, 9.17) is 4.84 Å². The lowest BCUT2D eigenvalue weighted by Gasteiger charge is -2.04. The Hall–Kier alpha value is -0.860. The van der Waals surface area contributed by atoms with Gasteiger partial charge in [-0.3, -0.25) is 4.84 Å². The van der Waals surface area contributed by atoms with Gasteiger partial charge in [0.25, 0.3) is 0 Å². The van der Waals surface area contributed by atoms with Crippen molar-refractivity contribution in [3.05, 3.63) is 35.9 Å². The van der Waals surface area contributed by atoms with E-state index >= 15 is 0 Å². The second-order valence-electron chi connectivity index (χ2n) is 4.00. The van der Waals surface area contributed by atoms with Gasteiger partial charge in [0, 0.05) is 11.6 Å². The van der Waals surface area contributed by atoms with Crippen molar-refractivity contribution in [3.63, 3.8) is 0 Å². The van der Waals surface area contributed by atoms with E-state index < -0.39 is 0 Å². The molecule has 0 amide bonds. The lowest BCUT2D eigenvalue weighted by molar-refractivity contribution is 0.186. The molecular formula is C11H13NO. The van der Waals surface area contributed by atoms with Gasteiger partial charge < -0.3 is 0 Å². The monoisotopic (exact) mass is 175 g/mol. The van der Waals surface area contributed by atoms with Crippen molar-refractivity contribution in [2.45, 2.75) is 31.5 Å². The number of benzene rings is 1. The minimum absolute atomic E-state index is 0.123. The van der Waals surface area contributed by atoms with Gasteiger partial charge in [0.1, 0.15) is 0 Å². The first-order valence-corrected chi connectivity index (χ1v) is 4.85. The predicted octanol–water partition coefficient (Wildman–Crippen LogP) is 2.27. The van der Waals surface area contributed by atoms with E-state index in [0.29, 0.717) is 6.04 Å². The third kappa shape index (κ3) is 1.10. The van der Waals surface area contributed by atoms with Gasteiger partial charge >= 0.3 is 0 Å². The van der Waals surface area contributed by atoms with E-state index in [1.807, 2.05) is 6.07 Å². The second-order valence-corrected chi connectivity index (χ2v) is 4.00. The SMILES string of the molecule is CC1(c2ccccc2)ON1C1CC1. The van der Waals surface area contributed by atoms with Crippen molar-refractivity contribution in [1.29, 1.82) is 0 Å². The molecular weight excluding hydrogens is 162 g/mol. The maximum absolute atomic E-state index is 5.65. The quantitative estimate of drug-likeness (QED) is 0.641. The van der Waals surface area contributed by atoms with Crippen molar-refractivity contribution in [1.82, 2.24) is 5.06 Å². The Morgan fingerprint density at radius 2 is 2.00 bits per heavy atom. The third-order valence-corrected chi connectivity index (χ3v) is 2.85. The first kappa shape index (κ1) is 7.54. The molecule has 0 aromatic heterocycles. The first-order chi connectivity index (χ1) is 6.31. The average molecular weight is 175 g/mol. The molecule has 0 radical (unpaired) electrons. The molecule has 1 aliphatic heterocycles. The number of rotatable bonds is 2. The number of hydrogen-bond donors (Lipinski definition) is 0. The van der Waals surface area contributed by atoms with Crippen LogP contribution in [-0.4, -0.2) is 11.1 Å². The highest BCUT2D eigenvalue weighted by atomic mass is 16.9. The molecule has 2 unspecified atom stereocenters. The highest BCUT2D eigenvalue weighted by Gasteiger charge is 2.58. The maximum Gasteiger partial charge on any atom is 0.187 e. The lowest BCUT2D eigenvalue weighted by Crippen LogP contribution is -2.13. The molecule has 2 aliphatic rings. The molecule has 1 heterocycles.